The van der Waals surface area contributed by atoms with E-state index in [1.165, 1.54) is 38.3 Å². The number of anilines is 1. The van der Waals surface area contributed by atoms with Crippen LogP contribution in [-0.4, -0.2) is 14.6 Å². The topological polar surface area (TPSA) is 59.3 Å². The second kappa shape index (κ2) is 5.72. The molecule has 0 radical (unpaired) electrons. The average molecular weight is 336 g/mol. The molecule has 2 aromatic heterocycles. The quantitative estimate of drug-likeness (QED) is 0.618. The highest BCUT2D eigenvalue weighted by Crippen LogP contribution is 2.28. The molecule has 0 aliphatic heterocycles. The number of rotatable bonds is 3. The molecule has 0 aliphatic rings. The summed E-state index contributed by atoms with van der Waals surface area (Å²) in [4.78, 5) is 17.0. The maximum atomic E-state index is 12.0. The molecule has 4 rings (SSSR count). The van der Waals surface area contributed by atoms with Crippen molar-refractivity contribution >= 4 is 32.2 Å². The third-order valence-electron chi connectivity index (χ3n) is 4.00. The molecule has 0 unspecified atom stereocenters. The Morgan fingerprint density at radius 2 is 1.96 bits per heavy atom. The first kappa shape index (κ1) is 14.8. The molecule has 120 valence electrons. The van der Waals surface area contributed by atoms with E-state index in [-0.39, 0.29) is 11.6 Å². The Morgan fingerprint density at radius 1 is 1.17 bits per heavy atom. The third kappa shape index (κ3) is 2.55. The van der Waals surface area contributed by atoms with Crippen molar-refractivity contribution in [3.8, 4) is 0 Å². The molecule has 0 fully saturated rings. The Bertz CT molecular complexity index is 1090. The lowest BCUT2D eigenvalue weighted by Gasteiger charge is -2.15. The fourth-order valence-corrected chi connectivity index (χ4v) is 3.81. The lowest BCUT2D eigenvalue weighted by atomic mass is 10.00. The van der Waals surface area contributed by atoms with Gasteiger partial charge < -0.3 is 5.32 Å². The van der Waals surface area contributed by atoms with Gasteiger partial charge in [0.05, 0.1) is 6.04 Å². The minimum absolute atomic E-state index is 0.0634. The van der Waals surface area contributed by atoms with Gasteiger partial charge in [0.15, 0.2) is 0 Å². The summed E-state index contributed by atoms with van der Waals surface area (Å²) in [5.41, 5.74) is 1.75. The fourth-order valence-electron chi connectivity index (χ4n) is 2.87. The molecule has 6 heteroatoms. The SMILES string of the molecule is Cc1cc(=O)n2nc(N[C@H](C)c3cccc4ccccc34)sc2n1. The van der Waals surface area contributed by atoms with E-state index in [1.54, 1.807) is 0 Å². The summed E-state index contributed by atoms with van der Waals surface area (Å²) in [7, 11) is 0. The Kier molecular flexibility index (Phi) is 3.54. The number of hydrogen-bond donors (Lipinski definition) is 1. The van der Waals surface area contributed by atoms with Crippen molar-refractivity contribution in [3.05, 3.63) is 70.1 Å². The van der Waals surface area contributed by atoms with Gasteiger partial charge in [-0.25, -0.2) is 4.98 Å². The van der Waals surface area contributed by atoms with Crippen molar-refractivity contribution in [1.29, 1.82) is 0 Å². The first-order valence-corrected chi connectivity index (χ1v) is 8.55. The first-order chi connectivity index (χ1) is 11.6. The van der Waals surface area contributed by atoms with E-state index in [9.17, 15) is 4.79 Å². The molecule has 24 heavy (non-hydrogen) atoms. The Balaban J connectivity index is 1.72. The minimum Gasteiger partial charge on any atom is -0.354 e. The minimum atomic E-state index is -0.153. The maximum absolute atomic E-state index is 12.0. The Morgan fingerprint density at radius 3 is 2.83 bits per heavy atom. The highest BCUT2D eigenvalue weighted by molar-refractivity contribution is 7.20. The average Bonchev–Trinajstić information content (AvgIpc) is 2.97. The van der Waals surface area contributed by atoms with Crippen molar-refractivity contribution in [2.45, 2.75) is 19.9 Å². The van der Waals surface area contributed by atoms with Gasteiger partial charge >= 0.3 is 0 Å². The molecule has 0 saturated carbocycles. The van der Waals surface area contributed by atoms with E-state index in [2.05, 4.69) is 52.7 Å². The van der Waals surface area contributed by atoms with E-state index in [1.807, 2.05) is 19.1 Å². The van der Waals surface area contributed by atoms with Crippen LogP contribution < -0.4 is 10.9 Å². The van der Waals surface area contributed by atoms with Crippen LogP contribution in [-0.2, 0) is 0 Å². The summed E-state index contributed by atoms with van der Waals surface area (Å²) >= 11 is 1.38. The molecule has 2 heterocycles. The van der Waals surface area contributed by atoms with Gasteiger partial charge in [-0.05, 0) is 30.2 Å². The molecule has 1 atom stereocenters. The molecule has 2 aromatic carbocycles. The molecular formula is C18H16N4OS. The van der Waals surface area contributed by atoms with Crippen LogP contribution in [0.1, 0.15) is 24.2 Å². The predicted molar refractivity (Wildman–Crippen MR) is 97.9 cm³/mol. The van der Waals surface area contributed by atoms with E-state index < -0.39 is 0 Å². The van der Waals surface area contributed by atoms with Crippen LogP contribution >= 0.6 is 11.3 Å². The van der Waals surface area contributed by atoms with Gasteiger partial charge in [0, 0.05) is 11.8 Å². The number of benzene rings is 2. The van der Waals surface area contributed by atoms with Crippen LogP contribution in [0.15, 0.2) is 53.3 Å². The van der Waals surface area contributed by atoms with Crippen LogP contribution in [0.2, 0.25) is 0 Å². The number of fused-ring (bicyclic) bond motifs is 2. The number of nitrogens with one attached hydrogen (secondary N) is 1. The normalized spacial score (nSPS) is 12.6. The zero-order valence-corrected chi connectivity index (χ0v) is 14.2. The van der Waals surface area contributed by atoms with Gasteiger partial charge in [-0.3, -0.25) is 4.79 Å². The smallest absolute Gasteiger partial charge is 0.275 e. The molecule has 0 bridgehead atoms. The monoisotopic (exact) mass is 336 g/mol. The summed E-state index contributed by atoms with van der Waals surface area (Å²) in [6, 6.07) is 16.1. The van der Waals surface area contributed by atoms with Gasteiger partial charge in [-0.1, -0.05) is 53.8 Å². The molecule has 0 aliphatic carbocycles. The molecular weight excluding hydrogens is 320 g/mol. The van der Waals surface area contributed by atoms with Gasteiger partial charge in [0.25, 0.3) is 5.56 Å². The Labute approximate surface area is 142 Å². The van der Waals surface area contributed by atoms with Crippen LogP contribution in [0.3, 0.4) is 0 Å². The maximum Gasteiger partial charge on any atom is 0.275 e. The highest BCUT2D eigenvalue weighted by Gasteiger charge is 2.13. The standard InChI is InChI=1S/C18H16N4OS/c1-11-10-16(23)22-18(19-11)24-17(21-22)20-12(2)14-9-5-7-13-6-3-4-8-15(13)14/h3-10,12H,1-2H3,(H,20,21)/t12-/m1/s1. The second-order valence-corrected chi connectivity index (χ2v) is 6.73. The summed E-state index contributed by atoms with van der Waals surface area (Å²) in [5, 5.41) is 10.9. The van der Waals surface area contributed by atoms with E-state index in [4.69, 9.17) is 0 Å². The number of aryl methyl sites for hydroxylation is 1. The van der Waals surface area contributed by atoms with Crippen molar-refractivity contribution < 1.29 is 0 Å². The zero-order valence-electron chi connectivity index (χ0n) is 13.4. The predicted octanol–water partition coefficient (Wildman–Crippen LogP) is 3.79. The third-order valence-corrected chi connectivity index (χ3v) is 4.84. The van der Waals surface area contributed by atoms with Crippen molar-refractivity contribution in [2.24, 2.45) is 0 Å². The van der Waals surface area contributed by atoms with E-state index in [0.717, 1.165) is 0 Å². The molecule has 0 amide bonds. The molecule has 0 saturated heterocycles. The van der Waals surface area contributed by atoms with Crippen LogP contribution in [0.25, 0.3) is 15.7 Å². The van der Waals surface area contributed by atoms with Gasteiger partial charge in [0.1, 0.15) is 0 Å². The van der Waals surface area contributed by atoms with E-state index in [0.29, 0.717) is 15.8 Å². The summed E-state index contributed by atoms with van der Waals surface area (Å²) in [6.45, 7) is 3.91. The van der Waals surface area contributed by atoms with Crippen molar-refractivity contribution in [2.75, 3.05) is 5.32 Å². The molecule has 0 spiro atoms. The molecule has 4 aromatic rings. The number of hydrogen-bond acceptors (Lipinski definition) is 5. The van der Waals surface area contributed by atoms with Crippen LogP contribution in [0.5, 0.6) is 0 Å². The molecule has 5 nitrogen and oxygen atoms in total. The zero-order chi connectivity index (χ0) is 16.7. The number of nitrogens with zero attached hydrogens (tertiary/aromatic N) is 3. The van der Waals surface area contributed by atoms with Crippen molar-refractivity contribution in [3.63, 3.8) is 0 Å². The lowest BCUT2D eigenvalue weighted by molar-refractivity contribution is 0.849. The van der Waals surface area contributed by atoms with E-state index >= 15 is 0 Å². The Hall–Kier alpha value is -2.73. The largest absolute Gasteiger partial charge is 0.354 e. The molecule has 1 N–H and O–H groups in total. The van der Waals surface area contributed by atoms with Gasteiger partial charge in [-0.2, -0.15) is 4.52 Å². The van der Waals surface area contributed by atoms with Crippen molar-refractivity contribution in [1.82, 2.24) is 14.6 Å². The van der Waals surface area contributed by atoms with Gasteiger partial charge in [0.2, 0.25) is 10.1 Å². The second-order valence-electron chi connectivity index (χ2n) is 5.77. The van der Waals surface area contributed by atoms with Crippen LogP contribution in [0, 0.1) is 6.92 Å². The summed E-state index contributed by atoms with van der Waals surface area (Å²) in [5.74, 6) is 0. The summed E-state index contributed by atoms with van der Waals surface area (Å²) in [6.07, 6.45) is 0. The van der Waals surface area contributed by atoms with Gasteiger partial charge in [-0.15, -0.1) is 5.10 Å². The lowest BCUT2D eigenvalue weighted by Crippen LogP contribution is -2.15. The summed E-state index contributed by atoms with van der Waals surface area (Å²) < 4.78 is 1.34. The highest BCUT2D eigenvalue weighted by atomic mass is 32.1. The van der Waals surface area contributed by atoms with Crippen LogP contribution in [0.4, 0.5) is 5.13 Å². The first-order valence-electron chi connectivity index (χ1n) is 7.73. The fraction of sp³-hybridized carbons (Fsp3) is 0.167. The number of aromatic nitrogens is 3.